The summed E-state index contributed by atoms with van der Waals surface area (Å²) in [6, 6.07) is 6.26. The lowest BCUT2D eigenvalue weighted by Gasteiger charge is -2.09. The number of para-hydroxylation sites is 1. The van der Waals surface area contributed by atoms with Crippen LogP contribution in [0.15, 0.2) is 29.2 Å². The lowest BCUT2D eigenvalue weighted by Crippen LogP contribution is -2.27. The van der Waals surface area contributed by atoms with Gasteiger partial charge in [-0.05, 0) is 25.5 Å². The van der Waals surface area contributed by atoms with E-state index in [4.69, 9.17) is 10.8 Å². The monoisotopic (exact) mass is 244 g/mol. The zero-order valence-corrected chi connectivity index (χ0v) is 9.87. The van der Waals surface area contributed by atoms with Gasteiger partial charge in [-0.15, -0.1) is 0 Å². The predicted molar refractivity (Wildman–Crippen MR) is 62.3 cm³/mol. The van der Waals surface area contributed by atoms with Gasteiger partial charge in [0.1, 0.15) is 4.90 Å². The summed E-state index contributed by atoms with van der Waals surface area (Å²) in [7, 11) is -3.57. The van der Waals surface area contributed by atoms with Crippen LogP contribution in [0, 0.1) is 0 Å². The van der Waals surface area contributed by atoms with Gasteiger partial charge < -0.3 is 10.8 Å². The Hall–Kier alpha value is -1.11. The van der Waals surface area contributed by atoms with E-state index in [9.17, 15) is 8.42 Å². The van der Waals surface area contributed by atoms with E-state index in [1.54, 1.807) is 19.1 Å². The molecule has 16 heavy (non-hydrogen) atoms. The lowest BCUT2D eigenvalue weighted by atomic mass is 10.3. The summed E-state index contributed by atoms with van der Waals surface area (Å²) in [6.45, 7) is 1.79. The number of hydrogen-bond donors (Lipinski definition) is 3. The van der Waals surface area contributed by atoms with E-state index in [-0.39, 0.29) is 17.1 Å². The van der Waals surface area contributed by atoms with Crippen LogP contribution in [0.3, 0.4) is 0 Å². The normalized spacial score (nSPS) is 13.6. The molecule has 0 bridgehead atoms. The van der Waals surface area contributed by atoms with Crippen molar-refractivity contribution in [3.05, 3.63) is 24.3 Å². The van der Waals surface area contributed by atoms with Crippen LogP contribution in [-0.4, -0.2) is 26.2 Å². The third kappa shape index (κ3) is 3.48. The number of sulfonamides is 1. The number of nitrogen functional groups attached to an aromatic ring is 1. The van der Waals surface area contributed by atoms with Gasteiger partial charge in [-0.3, -0.25) is 0 Å². The van der Waals surface area contributed by atoms with Gasteiger partial charge in [0.05, 0.1) is 11.8 Å². The molecule has 0 fully saturated rings. The van der Waals surface area contributed by atoms with E-state index < -0.39 is 16.1 Å². The highest BCUT2D eigenvalue weighted by atomic mass is 32.2. The molecule has 0 saturated heterocycles. The van der Waals surface area contributed by atoms with Gasteiger partial charge in [-0.1, -0.05) is 12.1 Å². The van der Waals surface area contributed by atoms with Gasteiger partial charge >= 0.3 is 0 Å². The first kappa shape index (κ1) is 13.0. The number of nitrogens with two attached hydrogens (primary N) is 1. The van der Waals surface area contributed by atoms with Gasteiger partial charge in [0.2, 0.25) is 10.0 Å². The highest BCUT2D eigenvalue weighted by Gasteiger charge is 2.16. The van der Waals surface area contributed by atoms with Crippen molar-refractivity contribution >= 4 is 15.7 Å². The Bertz CT molecular complexity index is 443. The van der Waals surface area contributed by atoms with Crippen molar-refractivity contribution in [3.8, 4) is 0 Å². The molecule has 1 aromatic carbocycles. The van der Waals surface area contributed by atoms with Crippen molar-refractivity contribution in [2.45, 2.75) is 24.3 Å². The molecule has 0 aliphatic carbocycles. The molecule has 0 heterocycles. The molecule has 0 saturated carbocycles. The average molecular weight is 244 g/mol. The molecule has 0 radical (unpaired) electrons. The summed E-state index contributed by atoms with van der Waals surface area (Å²) < 4.78 is 25.9. The van der Waals surface area contributed by atoms with E-state index in [2.05, 4.69) is 4.72 Å². The van der Waals surface area contributed by atoms with Gasteiger partial charge in [0.15, 0.2) is 0 Å². The highest BCUT2D eigenvalue weighted by molar-refractivity contribution is 7.89. The Labute approximate surface area is 95.3 Å². The van der Waals surface area contributed by atoms with E-state index in [0.29, 0.717) is 6.42 Å². The van der Waals surface area contributed by atoms with Crippen LogP contribution in [0.2, 0.25) is 0 Å². The number of hydrogen-bond acceptors (Lipinski definition) is 4. The molecule has 0 aliphatic heterocycles. The Morgan fingerprint density at radius 2 is 2.06 bits per heavy atom. The minimum atomic E-state index is -3.57. The van der Waals surface area contributed by atoms with Crippen molar-refractivity contribution in [2.24, 2.45) is 0 Å². The molecule has 1 atom stereocenters. The summed E-state index contributed by atoms with van der Waals surface area (Å²) in [5, 5.41) is 9.01. The highest BCUT2D eigenvalue weighted by Crippen LogP contribution is 2.16. The molecule has 1 aromatic rings. The van der Waals surface area contributed by atoms with Crippen molar-refractivity contribution in [2.75, 3.05) is 12.3 Å². The fraction of sp³-hybridized carbons (Fsp3) is 0.400. The molecular formula is C10H16N2O3S. The number of rotatable bonds is 5. The number of aliphatic hydroxyl groups is 1. The molecule has 0 aromatic heterocycles. The van der Waals surface area contributed by atoms with Crippen LogP contribution < -0.4 is 10.5 Å². The average Bonchev–Trinajstić information content (AvgIpc) is 2.17. The molecule has 0 aliphatic rings. The van der Waals surface area contributed by atoms with E-state index in [0.717, 1.165) is 0 Å². The van der Waals surface area contributed by atoms with E-state index in [1.165, 1.54) is 12.1 Å². The maximum atomic E-state index is 11.8. The lowest BCUT2D eigenvalue weighted by molar-refractivity contribution is 0.186. The van der Waals surface area contributed by atoms with Gasteiger partial charge in [-0.2, -0.15) is 0 Å². The van der Waals surface area contributed by atoms with Crippen LogP contribution in [0.25, 0.3) is 0 Å². The standard InChI is InChI=1S/C10H16N2O3S/c1-8(13)6-7-12-16(14,15)10-5-3-2-4-9(10)11/h2-5,8,12-13H,6-7,11H2,1H3. The van der Waals surface area contributed by atoms with Crippen LogP contribution in [0.5, 0.6) is 0 Å². The van der Waals surface area contributed by atoms with Crippen LogP contribution in [0.4, 0.5) is 5.69 Å². The van der Waals surface area contributed by atoms with Crippen molar-refractivity contribution < 1.29 is 13.5 Å². The zero-order valence-electron chi connectivity index (χ0n) is 9.05. The zero-order chi connectivity index (χ0) is 12.2. The molecule has 6 heteroatoms. The number of aliphatic hydroxyl groups excluding tert-OH is 1. The second-order valence-electron chi connectivity index (χ2n) is 3.57. The Morgan fingerprint density at radius 1 is 1.44 bits per heavy atom. The first-order chi connectivity index (χ1) is 7.43. The summed E-state index contributed by atoms with van der Waals surface area (Å²) in [5.41, 5.74) is 5.78. The molecule has 0 spiro atoms. The largest absolute Gasteiger partial charge is 0.398 e. The SMILES string of the molecule is CC(O)CCNS(=O)(=O)c1ccccc1N. The fourth-order valence-corrected chi connectivity index (χ4v) is 2.38. The van der Waals surface area contributed by atoms with Crippen molar-refractivity contribution in [1.29, 1.82) is 0 Å². The molecule has 0 amide bonds. The number of anilines is 1. The molecular weight excluding hydrogens is 228 g/mol. The van der Waals surface area contributed by atoms with E-state index in [1.807, 2.05) is 0 Å². The Balaban J connectivity index is 2.75. The van der Waals surface area contributed by atoms with Crippen molar-refractivity contribution in [1.82, 2.24) is 4.72 Å². The van der Waals surface area contributed by atoms with Crippen LogP contribution in [-0.2, 0) is 10.0 Å². The molecule has 5 nitrogen and oxygen atoms in total. The molecule has 4 N–H and O–H groups in total. The minimum Gasteiger partial charge on any atom is -0.398 e. The smallest absolute Gasteiger partial charge is 0.242 e. The predicted octanol–water partition coefficient (Wildman–Crippen LogP) is 0.318. The topological polar surface area (TPSA) is 92.4 Å². The second kappa shape index (κ2) is 5.29. The minimum absolute atomic E-state index is 0.0700. The summed E-state index contributed by atoms with van der Waals surface area (Å²) in [6.07, 6.45) is -0.165. The maximum Gasteiger partial charge on any atom is 0.242 e. The quantitative estimate of drug-likeness (QED) is 0.650. The van der Waals surface area contributed by atoms with Gasteiger partial charge in [0.25, 0.3) is 0 Å². The number of nitrogens with one attached hydrogen (secondary N) is 1. The van der Waals surface area contributed by atoms with Crippen LogP contribution >= 0.6 is 0 Å². The van der Waals surface area contributed by atoms with Crippen LogP contribution in [0.1, 0.15) is 13.3 Å². The molecule has 1 unspecified atom stereocenters. The first-order valence-electron chi connectivity index (χ1n) is 4.95. The maximum absolute atomic E-state index is 11.8. The summed E-state index contributed by atoms with van der Waals surface area (Å²) >= 11 is 0. The fourth-order valence-electron chi connectivity index (χ4n) is 1.21. The number of benzene rings is 1. The van der Waals surface area contributed by atoms with Gasteiger partial charge in [-0.25, -0.2) is 13.1 Å². The van der Waals surface area contributed by atoms with E-state index >= 15 is 0 Å². The van der Waals surface area contributed by atoms with Gasteiger partial charge in [0, 0.05) is 6.54 Å². The Kier molecular flexibility index (Phi) is 4.28. The summed E-state index contributed by atoms with van der Waals surface area (Å²) in [4.78, 5) is 0.0700. The van der Waals surface area contributed by atoms with Crippen molar-refractivity contribution in [3.63, 3.8) is 0 Å². The summed E-state index contributed by atoms with van der Waals surface area (Å²) in [5.74, 6) is 0. The third-order valence-electron chi connectivity index (χ3n) is 2.06. The molecule has 90 valence electrons. The Morgan fingerprint density at radius 3 is 2.62 bits per heavy atom. The third-order valence-corrected chi connectivity index (χ3v) is 3.60. The molecule has 1 rings (SSSR count). The second-order valence-corrected chi connectivity index (χ2v) is 5.31. The first-order valence-corrected chi connectivity index (χ1v) is 6.44.